The van der Waals surface area contributed by atoms with Gasteiger partial charge < -0.3 is 15.6 Å². The van der Waals surface area contributed by atoms with E-state index in [1.807, 2.05) is 0 Å². The van der Waals surface area contributed by atoms with Gasteiger partial charge in [-0.1, -0.05) is 24.4 Å². The SMILES string of the molecule is C=C(/C(F)=C\C(F)=C/C)[C@]12CO[C@@H](CO)C[C@H]1CSC(N)=N2. The number of allylic oxidation sites excluding steroid dienone is 3. The van der Waals surface area contributed by atoms with E-state index in [4.69, 9.17) is 10.5 Å². The summed E-state index contributed by atoms with van der Waals surface area (Å²) < 4.78 is 33.2. The molecule has 2 rings (SSSR count). The number of amidine groups is 1. The number of aliphatic hydroxyl groups is 1. The van der Waals surface area contributed by atoms with E-state index in [1.54, 1.807) is 0 Å². The third-order valence-corrected chi connectivity index (χ3v) is 5.01. The van der Waals surface area contributed by atoms with Crippen LogP contribution >= 0.6 is 11.8 Å². The standard InChI is InChI=1S/C15H20F2N2O2S/c1-3-11(16)5-13(17)9(2)15-8-21-12(6-20)4-10(15)7-22-14(18)19-15/h3,5,10,12,20H,2,4,6-8H2,1H3,(H2,18,19)/b11-3+,13-5+/t10-,12+,15+/m0/s1. The number of aliphatic imine (C=N–C) groups is 1. The highest BCUT2D eigenvalue weighted by Crippen LogP contribution is 2.45. The van der Waals surface area contributed by atoms with Gasteiger partial charge in [0.1, 0.15) is 17.2 Å². The molecule has 1 saturated heterocycles. The van der Waals surface area contributed by atoms with E-state index in [2.05, 4.69) is 11.6 Å². The minimum Gasteiger partial charge on any atom is -0.394 e. The Morgan fingerprint density at radius 2 is 2.36 bits per heavy atom. The molecule has 2 aliphatic heterocycles. The Kier molecular flexibility index (Phi) is 5.41. The molecule has 1 fully saturated rings. The smallest absolute Gasteiger partial charge is 0.154 e. The van der Waals surface area contributed by atoms with Gasteiger partial charge in [-0.2, -0.15) is 0 Å². The second-order valence-corrected chi connectivity index (χ2v) is 6.42. The molecule has 3 atom stereocenters. The van der Waals surface area contributed by atoms with E-state index in [1.165, 1.54) is 18.7 Å². The van der Waals surface area contributed by atoms with Crippen LogP contribution in [0.2, 0.25) is 0 Å². The highest BCUT2D eigenvalue weighted by molar-refractivity contribution is 8.13. The molecule has 122 valence electrons. The summed E-state index contributed by atoms with van der Waals surface area (Å²) >= 11 is 1.38. The largest absolute Gasteiger partial charge is 0.394 e. The average Bonchev–Trinajstić information content (AvgIpc) is 2.53. The van der Waals surface area contributed by atoms with E-state index < -0.39 is 17.2 Å². The topological polar surface area (TPSA) is 67.8 Å². The highest BCUT2D eigenvalue weighted by Gasteiger charge is 2.49. The first-order valence-electron chi connectivity index (χ1n) is 7.02. The van der Waals surface area contributed by atoms with Gasteiger partial charge in [-0.15, -0.1) is 0 Å². The molecule has 0 bridgehead atoms. The van der Waals surface area contributed by atoms with Crippen molar-refractivity contribution in [3.05, 3.63) is 36.0 Å². The lowest BCUT2D eigenvalue weighted by Gasteiger charge is -2.46. The normalized spacial score (nSPS) is 33.2. The lowest BCUT2D eigenvalue weighted by Crippen LogP contribution is -2.53. The highest BCUT2D eigenvalue weighted by atomic mass is 32.2. The van der Waals surface area contributed by atoms with Crippen LogP contribution in [-0.2, 0) is 4.74 Å². The zero-order valence-electron chi connectivity index (χ0n) is 12.4. The molecule has 0 aromatic rings. The molecule has 0 aromatic carbocycles. The van der Waals surface area contributed by atoms with Crippen LogP contribution in [0.25, 0.3) is 0 Å². The van der Waals surface area contributed by atoms with Crippen LogP contribution in [0.5, 0.6) is 0 Å². The molecular formula is C15H20F2N2O2S. The fourth-order valence-corrected chi connectivity index (χ4v) is 3.73. The predicted molar refractivity (Wildman–Crippen MR) is 84.9 cm³/mol. The maximum absolute atomic E-state index is 14.3. The van der Waals surface area contributed by atoms with Crippen molar-refractivity contribution < 1.29 is 18.6 Å². The van der Waals surface area contributed by atoms with Gasteiger partial charge in [0, 0.05) is 23.3 Å². The molecule has 0 spiro atoms. The number of ether oxygens (including phenoxy) is 1. The van der Waals surface area contributed by atoms with Gasteiger partial charge in [0.15, 0.2) is 5.17 Å². The third-order valence-electron chi connectivity index (χ3n) is 4.06. The van der Waals surface area contributed by atoms with Crippen LogP contribution in [0, 0.1) is 5.92 Å². The Hall–Kier alpha value is -1.18. The first-order valence-corrected chi connectivity index (χ1v) is 8.01. The maximum Gasteiger partial charge on any atom is 0.154 e. The molecule has 0 unspecified atom stereocenters. The van der Waals surface area contributed by atoms with Crippen molar-refractivity contribution in [2.45, 2.75) is 25.0 Å². The number of hydrogen-bond acceptors (Lipinski definition) is 5. The first-order chi connectivity index (χ1) is 10.4. The van der Waals surface area contributed by atoms with Crippen LogP contribution in [-0.4, -0.2) is 40.9 Å². The minimum atomic E-state index is -1.03. The van der Waals surface area contributed by atoms with Crippen LogP contribution in [0.1, 0.15) is 13.3 Å². The number of nitrogens with two attached hydrogens (primary N) is 1. The Morgan fingerprint density at radius 3 is 3.00 bits per heavy atom. The number of hydrogen-bond donors (Lipinski definition) is 2. The van der Waals surface area contributed by atoms with E-state index in [0.29, 0.717) is 17.3 Å². The Labute approximate surface area is 132 Å². The van der Waals surface area contributed by atoms with Gasteiger partial charge in [-0.05, 0) is 13.3 Å². The molecule has 0 amide bonds. The summed E-state index contributed by atoms with van der Waals surface area (Å²) in [6, 6.07) is 0. The van der Waals surface area contributed by atoms with Gasteiger partial charge in [-0.3, -0.25) is 0 Å². The third kappa shape index (κ3) is 3.26. The van der Waals surface area contributed by atoms with Crippen molar-refractivity contribution >= 4 is 16.9 Å². The molecule has 2 heterocycles. The molecule has 3 N–H and O–H groups in total. The van der Waals surface area contributed by atoms with Crippen LogP contribution < -0.4 is 5.73 Å². The minimum absolute atomic E-state index is 0.0640. The van der Waals surface area contributed by atoms with E-state index >= 15 is 0 Å². The van der Waals surface area contributed by atoms with Crippen molar-refractivity contribution in [2.75, 3.05) is 19.0 Å². The number of rotatable bonds is 4. The number of thioether (sulfide) groups is 1. The predicted octanol–water partition coefficient (Wildman–Crippen LogP) is 2.47. The van der Waals surface area contributed by atoms with Crippen LogP contribution in [0.3, 0.4) is 0 Å². The molecule has 0 aromatic heterocycles. The summed E-state index contributed by atoms with van der Waals surface area (Å²) in [6.45, 7) is 5.22. The van der Waals surface area contributed by atoms with Gasteiger partial charge in [0.2, 0.25) is 0 Å². The zero-order valence-corrected chi connectivity index (χ0v) is 13.2. The molecule has 0 aliphatic carbocycles. The van der Waals surface area contributed by atoms with Gasteiger partial charge in [-0.25, -0.2) is 13.8 Å². The summed E-state index contributed by atoms with van der Waals surface area (Å²) in [6.07, 6.45) is 2.17. The van der Waals surface area contributed by atoms with Crippen molar-refractivity contribution in [3.63, 3.8) is 0 Å². The molecule has 22 heavy (non-hydrogen) atoms. The number of halogens is 2. The summed E-state index contributed by atoms with van der Waals surface area (Å²) in [4.78, 5) is 4.39. The molecule has 0 radical (unpaired) electrons. The van der Waals surface area contributed by atoms with Gasteiger partial charge in [0.25, 0.3) is 0 Å². The lowest BCUT2D eigenvalue weighted by atomic mass is 9.75. The molecule has 7 heteroatoms. The van der Waals surface area contributed by atoms with E-state index in [9.17, 15) is 13.9 Å². The fourth-order valence-electron chi connectivity index (χ4n) is 2.71. The van der Waals surface area contributed by atoms with Crippen molar-refractivity contribution in [2.24, 2.45) is 16.6 Å². The lowest BCUT2D eigenvalue weighted by molar-refractivity contribution is -0.0641. The Bertz CT molecular complexity index is 548. The average molecular weight is 330 g/mol. The Balaban J connectivity index is 2.36. The second-order valence-electron chi connectivity index (χ2n) is 5.38. The molecule has 2 aliphatic rings. The maximum atomic E-state index is 14.3. The van der Waals surface area contributed by atoms with Gasteiger partial charge in [0.05, 0.1) is 19.3 Å². The molecular weight excluding hydrogens is 310 g/mol. The van der Waals surface area contributed by atoms with Crippen molar-refractivity contribution in [1.82, 2.24) is 0 Å². The summed E-state index contributed by atoms with van der Waals surface area (Å²) in [5, 5.41) is 9.59. The molecule has 0 saturated carbocycles. The number of nitrogens with zero attached hydrogens (tertiary/aromatic N) is 1. The first kappa shape index (κ1) is 17.2. The van der Waals surface area contributed by atoms with Gasteiger partial charge >= 0.3 is 0 Å². The fraction of sp³-hybridized carbons (Fsp3) is 0.533. The summed E-state index contributed by atoms with van der Waals surface area (Å²) in [7, 11) is 0. The van der Waals surface area contributed by atoms with E-state index in [0.717, 1.165) is 12.2 Å². The van der Waals surface area contributed by atoms with Crippen molar-refractivity contribution in [3.8, 4) is 0 Å². The summed E-state index contributed by atoms with van der Waals surface area (Å²) in [5.41, 5.74) is 4.83. The number of aliphatic hydroxyl groups excluding tert-OH is 1. The van der Waals surface area contributed by atoms with E-state index in [-0.39, 0.29) is 30.8 Å². The number of fused-ring (bicyclic) bond motifs is 1. The second kappa shape index (κ2) is 6.93. The monoisotopic (exact) mass is 330 g/mol. The quantitative estimate of drug-likeness (QED) is 0.777. The van der Waals surface area contributed by atoms with Crippen molar-refractivity contribution in [1.29, 1.82) is 0 Å². The van der Waals surface area contributed by atoms with Crippen LogP contribution in [0.15, 0.2) is 41.0 Å². The zero-order chi connectivity index (χ0) is 16.3. The molecule has 4 nitrogen and oxygen atoms in total. The van der Waals surface area contributed by atoms with Crippen LogP contribution in [0.4, 0.5) is 8.78 Å². The summed E-state index contributed by atoms with van der Waals surface area (Å²) in [5.74, 6) is -0.891. The Morgan fingerprint density at radius 1 is 1.64 bits per heavy atom.